The Hall–Kier alpha value is -3.07. The molecular formula is C15H13N5O. The minimum absolute atomic E-state index is 0.105. The maximum absolute atomic E-state index is 11.9. The van der Waals surface area contributed by atoms with Crippen LogP contribution in [-0.2, 0) is 12.8 Å². The highest BCUT2D eigenvalue weighted by molar-refractivity contribution is 5.79. The number of benzene rings is 1. The lowest BCUT2D eigenvalue weighted by Crippen LogP contribution is -2.11. The number of anilines is 1. The second-order valence-corrected chi connectivity index (χ2v) is 4.80. The first-order valence-corrected chi connectivity index (χ1v) is 6.52. The number of nitrogen functional groups attached to an aromatic ring is 1. The van der Waals surface area contributed by atoms with Crippen LogP contribution in [0.4, 0.5) is 5.95 Å². The molecule has 1 aromatic carbocycles. The van der Waals surface area contributed by atoms with Crippen molar-refractivity contribution in [3.05, 3.63) is 57.5 Å². The van der Waals surface area contributed by atoms with E-state index in [1.807, 2.05) is 12.1 Å². The highest BCUT2D eigenvalue weighted by Gasteiger charge is 2.10. The van der Waals surface area contributed by atoms with Crippen molar-refractivity contribution in [3.8, 4) is 6.07 Å². The molecular weight excluding hydrogens is 266 g/mol. The fourth-order valence-electron chi connectivity index (χ4n) is 2.34. The van der Waals surface area contributed by atoms with Gasteiger partial charge in [-0.15, -0.1) is 0 Å². The molecule has 0 saturated heterocycles. The summed E-state index contributed by atoms with van der Waals surface area (Å²) in [6.45, 7) is 0. The van der Waals surface area contributed by atoms with Crippen LogP contribution < -0.4 is 11.3 Å². The van der Waals surface area contributed by atoms with Crippen LogP contribution in [-0.4, -0.2) is 15.0 Å². The lowest BCUT2D eigenvalue weighted by Gasteiger charge is -2.01. The topological polar surface area (TPSA) is 111 Å². The van der Waals surface area contributed by atoms with Crippen LogP contribution in [0, 0.1) is 11.3 Å². The lowest BCUT2D eigenvalue weighted by atomic mass is 10.0. The van der Waals surface area contributed by atoms with Crippen LogP contribution in [0.2, 0.25) is 0 Å². The van der Waals surface area contributed by atoms with Crippen LogP contribution in [0.5, 0.6) is 0 Å². The molecule has 0 aliphatic carbocycles. The summed E-state index contributed by atoms with van der Waals surface area (Å²) in [5.41, 5.74) is 8.45. The van der Waals surface area contributed by atoms with Gasteiger partial charge in [-0.2, -0.15) is 10.2 Å². The quantitative estimate of drug-likeness (QED) is 0.674. The number of aromatic amines is 2. The van der Waals surface area contributed by atoms with E-state index in [1.165, 1.54) is 0 Å². The largest absolute Gasteiger partial charge is 0.369 e. The first kappa shape index (κ1) is 12.9. The van der Waals surface area contributed by atoms with Gasteiger partial charge in [-0.3, -0.25) is 9.78 Å². The first-order chi connectivity index (χ1) is 10.2. The Labute approximate surface area is 120 Å². The number of nitrogens with zero attached hydrogens (tertiary/aromatic N) is 2. The molecule has 0 aliphatic rings. The van der Waals surface area contributed by atoms with Crippen molar-refractivity contribution in [3.63, 3.8) is 0 Å². The van der Waals surface area contributed by atoms with Gasteiger partial charge in [0.25, 0.3) is 5.56 Å². The van der Waals surface area contributed by atoms with Crippen LogP contribution in [0.15, 0.2) is 35.3 Å². The normalized spacial score (nSPS) is 10.6. The Morgan fingerprint density at radius 3 is 2.71 bits per heavy atom. The second kappa shape index (κ2) is 5.13. The van der Waals surface area contributed by atoms with Gasteiger partial charge < -0.3 is 10.7 Å². The van der Waals surface area contributed by atoms with Crippen LogP contribution in [0.3, 0.4) is 0 Å². The number of H-pyrrole nitrogens is 2. The number of nitrogens with one attached hydrogen (secondary N) is 2. The molecule has 0 atom stereocenters. The predicted octanol–water partition coefficient (Wildman–Crippen LogP) is 1.49. The summed E-state index contributed by atoms with van der Waals surface area (Å²) in [7, 11) is 0. The van der Waals surface area contributed by atoms with E-state index in [4.69, 9.17) is 11.0 Å². The average Bonchev–Trinajstić information content (AvgIpc) is 2.89. The molecule has 0 radical (unpaired) electrons. The third-order valence-corrected chi connectivity index (χ3v) is 3.41. The Balaban J connectivity index is 1.85. The van der Waals surface area contributed by atoms with Gasteiger partial charge in [0, 0.05) is 6.20 Å². The number of nitriles is 1. The summed E-state index contributed by atoms with van der Waals surface area (Å²) in [5.74, 6) is 0.105. The lowest BCUT2D eigenvalue weighted by molar-refractivity contribution is 0.966. The fraction of sp³-hybridized carbons (Fsp3) is 0.133. The minimum Gasteiger partial charge on any atom is -0.369 e. The van der Waals surface area contributed by atoms with Gasteiger partial charge in [0.15, 0.2) is 0 Å². The molecule has 6 nitrogen and oxygen atoms in total. The Kier molecular flexibility index (Phi) is 3.16. The van der Waals surface area contributed by atoms with Crippen molar-refractivity contribution < 1.29 is 0 Å². The summed E-state index contributed by atoms with van der Waals surface area (Å²) in [6, 6.07) is 9.52. The van der Waals surface area contributed by atoms with E-state index in [1.54, 1.807) is 18.3 Å². The fourth-order valence-corrected chi connectivity index (χ4v) is 2.34. The van der Waals surface area contributed by atoms with Crippen molar-refractivity contribution in [1.82, 2.24) is 15.0 Å². The van der Waals surface area contributed by atoms with Crippen molar-refractivity contribution in [1.29, 1.82) is 5.26 Å². The van der Waals surface area contributed by atoms with Gasteiger partial charge in [0.05, 0.1) is 17.0 Å². The van der Waals surface area contributed by atoms with Gasteiger partial charge in [-0.1, -0.05) is 12.1 Å². The van der Waals surface area contributed by atoms with Crippen LogP contribution >= 0.6 is 0 Å². The van der Waals surface area contributed by atoms with E-state index in [0.717, 1.165) is 17.5 Å². The summed E-state index contributed by atoms with van der Waals surface area (Å²) in [4.78, 5) is 21.5. The van der Waals surface area contributed by atoms with E-state index < -0.39 is 0 Å². The molecule has 0 spiro atoms. The van der Waals surface area contributed by atoms with E-state index in [0.29, 0.717) is 23.0 Å². The molecule has 0 fully saturated rings. The molecule has 0 amide bonds. The third kappa shape index (κ3) is 2.49. The van der Waals surface area contributed by atoms with Gasteiger partial charge in [0.2, 0.25) is 5.95 Å². The molecule has 3 aromatic rings. The minimum atomic E-state index is -0.228. The number of rotatable bonds is 3. The highest BCUT2D eigenvalue weighted by atomic mass is 16.1. The first-order valence-electron chi connectivity index (χ1n) is 6.52. The van der Waals surface area contributed by atoms with Gasteiger partial charge in [0.1, 0.15) is 5.65 Å². The van der Waals surface area contributed by atoms with E-state index in [2.05, 4.69) is 21.0 Å². The summed E-state index contributed by atoms with van der Waals surface area (Å²) in [6.07, 6.45) is 3.28. The number of fused-ring (bicyclic) bond motifs is 1. The average molecular weight is 279 g/mol. The zero-order valence-electron chi connectivity index (χ0n) is 11.2. The van der Waals surface area contributed by atoms with Crippen LogP contribution in [0.25, 0.3) is 11.0 Å². The third-order valence-electron chi connectivity index (χ3n) is 3.41. The SMILES string of the molecule is N#Cc1ccc(CCc2c[nH]c3nc(N)[nH]c(=O)c23)cc1. The van der Waals surface area contributed by atoms with Crippen molar-refractivity contribution in [2.24, 2.45) is 0 Å². The molecule has 2 heterocycles. The zero-order valence-corrected chi connectivity index (χ0v) is 11.2. The molecule has 0 saturated carbocycles. The maximum Gasteiger partial charge on any atom is 0.262 e. The Bertz CT molecular complexity index is 883. The van der Waals surface area contributed by atoms with Crippen LogP contribution in [0.1, 0.15) is 16.7 Å². The van der Waals surface area contributed by atoms with Gasteiger partial charge >= 0.3 is 0 Å². The van der Waals surface area contributed by atoms with Crippen molar-refractivity contribution >= 4 is 17.0 Å². The second-order valence-electron chi connectivity index (χ2n) is 4.80. The molecule has 0 bridgehead atoms. The highest BCUT2D eigenvalue weighted by Crippen LogP contribution is 2.15. The summed E-state index contributed by atoms with van der Waals surface area (Å²) >= 11 is 0. The number of aryl methyl sites for hydroxylation is 2. The monoisotopic (exact) mass is 279 g/mol. The molecule has 21 heavy (non-hydrogen) atoms. The summed E-state index contributed by atoms with van der Waals surface area (Å²) in [5, 5.41) is 9.32. The number of aromatic nitrogens is 3. The van der Waals surface area contributed by atoms with E-state index in [9.17, 15) is 4.79 Å². The van der Waals surface area contributed by atoms with Gasteiger partial charge in [-0.25, -0.2) is 0 Å². The molecule has 3 rings (SSSR count). The summed E-state index contributed by atoms with van der Waals surface area (Å²) < 4.78 is 0. The Morgan fingerprint density at radius 2 is 2.00 bits per heavy atom. The molecule has 0 unspecified atom stereocenters. The smallest absolute Gasteiger partial charge is 0.262 e. The number of hydrogen-bond donors (Lipinski definition) is 3. The Morgan fingerprint density at radius 1 is 1.24 bits per heavy atom. The standard InChI is InChI=1S/C15H13N5O/c16-7-10-3-1-9(2-4-10)5-6-11-8-18-13-12(11)14(21)20-15(17)19-13/h1-4,8H,5-6H2,(H4,17,18,19,20,21). The molecule has 104 valence electrons. The molecule has 0 aliphatic heterocycles. The maximum atomic E-state index is 11.9. The van der Waals surface area contributed by atoms with Crippen molar-refractivity contribution in [2.45, 2.75) is 12.8 Å². The number of nitrogens with two attached hydrogens (primary N) is 1. The van der Waals surface area contributed by atoms with Crippen molar-refractivity contribution in [2.75, 3.05) is 5.73 Å². The van der Waals surface area contributed by atoms with E-state index >= 15 is 0 Å². The van der Waals surface area contributed by atoms with E-state index in [-0.39, 0.29) is 11.5 Å². The predicted molar refractivity (Wildman–Crippen MR) is 79.7 cm³/mol. The number of hydrogen-bond acceptors (Lipinski definition) is 4. The van der Waals surface area contributed by atoms with Gasteiger partial charge in [-0.05, 0) is 36.1 Å². The molecule has 6 heteroatoms. The zero-order chi connectivity index (χ0) is 14.8. The molecule has 4 N–H and O–H groups in total. The molecule has 2 aromatic heterocycles.